The first-order valence-electron chi connectivity index (χ1n) is 10.4. The van der Waals surface area contributed by atoms with Gasteiger partial charge in [-0.15, -0.1) is 0 Å². The lowest BCUT2D eigenvalue weighted by Gasteiger charge is -2.13. The molecular formula is C24H23BrN2O6S. The van der Waals surface area contributed by atoms with Gasteiger partial charge >= 0.3 is 5.97 Å². The lowest BCUT2D eigenvalue weighted by atomic mass is 10.1. The lowest BCUT2D eigenvalue weighted by Crippen LogP contribution is -2.36. The Bertz CT molecular complexity index is 1160. The Balaban J connectivity index is 1.73. The Kier molecular flexibility index (Phi) is 8.51. The summed E-state index contributed by atoms with van der Waals surface area (Å²) >= 11 is 4.10. The molecule has 2 aromatic carbocycles. The van der Waals surface area contributed by atoms with Gasteiger partial charge in [0.2, 0.25) is 5.91 Å². The normalized spacial score (nSPS) is 14.5. The van der Waals surface area contributed by atoms with E-state index in [0.29, 0.717) is 21.5 Å². The van der Waals surface area contributed by atoms with Crippen LogP contribution in [-0.4, -0.2) is 47.7 Å². The maximum Gasteiger partial charge on any atom is 0.344 e. The van der Waals surface area contributed by atoms with Gasteiger partial charge in [0, 0.05) is 15.7 Å². The third-order valence-corrected chi connectivity index (χ3v) is 5.99. The number of benzene rings is 2. The number of nitrogens with one attached hydrogen (secondary N) is 1. The van der Waals surface area contributed by atoms with Crippen molar-refractivity contribution in [2.45, 2.75) is 20.8 Å². The summed E-state index contributed by atoms with van der Waals surface area (Å²) in [5.74, 6) is -1.24. The van der Waals surface area contributed by atoms with Crippen LogP contribution in [0.1, 0.15) is 23.6 Å². The third-order valence-electron chi connectivity index (χ3n) is 4.59. The van der Waals surface area contributed by atoms with Gasteiger partial charge in [-0.05, 0) is 80.1 Å². The molecule has 10 heteroatoms. The highest BCUT2D eigenvalue weighted by Crippen LogP contribution is 2.35. The van der Waals surface area contributed by atoms with E-state index in [1.54, 1.807) is 25.1 Å². The largest absolute Gasteiger partial charge is 0.481 e. The number of aryl methyl sites for hydroxylation is 2. The molecule has 3 amide bonds. The molecule has 1 heterocycles. The molecule has 3 rings (SSSR count). The number of carbonyl (C=O) groups is 4. The first kappa shape index (κ1) is 25.5. The van der Waals surface area contributed by atoms with Gasteiger partial charge in [-0.2, -0.15) is 0 Å². The summed E-state index contributed by atoms with van der Waals surface area (Å²) in [6, 6.07) is 10.6. The monoisotopic (exact) mass is 546 g/mol. The summed E-state index contributed by atoms with van der Waals surface area (Å²) in [6.45, 7) is 5.06. The molecule has 0 atom stereocenters. The van der Waals surface area contributed by atoms with E-state index in [9.17, 15) is 19.2 Å². The molecule has 0 aromatic heterocycles. The van der Waals surface area contributed by atoms with Crippen molar-refractivity contribution in [2.24, 2.45) is 0 Å². The number of anilines is 1. The molecule has 178 valence electrons. The van der Waals surface area contributed by atoms with E-state index in [1.807, 2.05) is 32.0 Å². The first-order valence-corrected chi connectivity index (χ1v) is 12.0. The molecule has 1 fully saturated rings. The zero-order valence-electron chi connectivity index (χ0n) is 18.8. The molecule has 0 saturated carbocycles. The maximum atomic E-state index is 12.9. The van der Waals surface area contributed by atoms with E-state index in [2.05, 4.69) is 21.2 Å². The van der Waals surface area contributed by atoms with Crippen LogP contribution < -0.4 is 10.1 Å². The fourth-order valence-electron chi connectivity index (χ4n) is 3.27. The van der Waals surface area contributed by atoms with Gasteiger partial charge in [-0.3, -0.25) is 19.3 Å². The molecule has 1 N–H and O–H groups in total. The average Bonchev–Trinajstić information content (AvgIpc) is 3.00. The molecule has 1 saturated heterocycles. The highest BCUT2D eigenvalue weighted by molar-refractivity contribution is 9.10. The number of esters is 1. The van der Waals surface area contributed by atoms with E-state index < -0.39 is 29.6 Å². The molecular weight excluding hydrogens is 524 g/mol. The number of hydrogen-bond acceptors (Lipinski definition) is 7. The van der Waals surface area contributed by atoms with Crippen LogP contribution in [0.3, 0.4) is 0 Å². The predicted molar refractivity (Wildman–Crippen MR) is 133 cm³/mol. The van der Waals surface area contributed by atoms with Crippen LogP contribution >= 0.6 is 27.7 Å². The van der Waals surface area contributed by atoms with E-state index in [4.69, 9.17) is 9.47 Å². The number of nitrogens with zero attached hydrogens (tertiary/aromatic N) is 1. The standard InChI is InChI=1S/C24H23BrN2O6S/c1-4-32-22(29)13-33-19-6-5-17(25)10-16(19)11-20-23(30)27(24(31)34-20)12-21(28)26-18-8-14(2)7-15(3)9-18/h5-11H,4,12-13H2,1-3H3,(H,26,28)/b20-11+. The van der Waals surface area contributed by atoms with Gasteiger partial charge in [-0.1, -0.05) is 22.0 Å². The minimum absolute atomic E-state index is 0.142. The summed E-state index contributed by atoms with van der Waals surface area (Å²) in [6.07, 6.45) is 1.50. The molecule has 0 radical (unpaired) electrons. The summed E-state index contributed by atoms with van der Waals surface area (Å²) in [5.41, 5.74) is 3.06. The molecule has 0 spiro atoms. The van der Waals surface area contributed by atoms with E-state index in [1.165, 1.54) is 6.08 Å². The van der Waals surface area contributed by atoms with Gasteiger partial charge in [-0.25, -0.2) is 4.79 Å². The van der Waals surface area contributed by atoms with Gasteiger partial charge in [0.05, 0.1) is 11.5 Å². The fraction of sp³-hybridized carbons (Fsp3) is 0.250. The molecule has 1 aliphatic heterocycles. The smallest absolute Gasteiger partial charge is 0.344 e. The van der Waals surface area contributed by atoms with Crippen LogP contribution in [0, 0.1) is 13.8 Å². The van der Waals surface area contributed by atoms with E-state index in [0.717, 1.165) is 27.8 Å². The van der Waals surface area contributed by atoms with Crippen molar-refractivity contribution in [3.8, 4) is 5.75 Å². The number of carbonyl (C=O) groups excluding carboxylic acids is 4. The molecule has 0 unspecified atom stereocenters. The second-order valence-electron chi connectivity index (χ2n) is 7.47. The van der Waals surface area contributed by atoms with Gasteiger partial charge < -0.3 is 14.8 Å². The SMILES string of the molecule is CCOC(=O)COc1ccc(Br)cc1/C=C1/SC(=O)N(CC(=O)Nc2cc(C)cc(C)c2)C1=O. The van der Waals surface area contributed by atoms with Crippen molar-refractivity contribution in [2.75, 3.05) is 25.1 Å². The number of imide groups is 1. The zero-order valence-corrected chi connectivity index (χ0v) is 21.2. The average molecular weight is 547 g/mol. The van der Waals surface area contributed by atoms with Crippen LogP contribution in [-0.2, 0) is 19.1 Å². The summed E-state index contributed by atoms with van der Waals surface area (Å²) in [5, 5.41) is 2.18. The molecule has 0 aliphatic carbocycles. The Hall–Kier alpha value is -3.11. The van der Waals surface area contributed by atoms with Crippen molar-refractivity contribution in [3.63, 3.8) is 0 Å². The van der Waals surface area contributed by atoms with E-state index in [-0.39, 0.29) is 18.1 Å². The van der Waals surface area contributed by atoms with Crippen LogP contribution in [0.25, 0.3) is 6.08 Å². The minimum Gasteiger partial charge on any atom is -0.481 e. The molecule has 34 heavy (non-hydrogen) atoms. The second-order valence-corrected chi connectivity index (χ2v) is 9.38. The number of ether oxygens (including phenoxy) is 2. The van der Waals surface area contributed by atoms with Gasteiger partial charge in [0.1, 0.15) is 12.3 Å². The fourth-order valence-corrected chi connectivity index (χ4v) is 4.48. The summed E-state index contributed by atoms with van der Waals surface area (Å²) in [4.78, 5) is 50.5. The molecule has 1 aliphatic rings. The van der Waals surface area contributed by atoms with Crippen molar-refractivity contribution in [1.29, 1.82) is 0 Å². The van der Waals surface area contributed by atoms with Gasteiger partial charge in [0.25, 0.3) is 11.1 Å². The first-order chi connectivity index (χ1) is 16.2. The summed E-state index contributed by atoms with van der Waals surface area (Å²) < 4.78 is 11.1. The molecule has 2 aromatic rings. The Morgan fingerprint density at radius 3 is 2.50 bits per heavy atom. The summed E-state index contributed by atoms with van der Waals surface area (Å²) in [7, 11) is 0. The minimum atomic E-state index is -0.582. The van der Waals surface area contributed by atoms with Crippen molar-refractivity contribution in [3.05, 3.63) is 62.5 Å². The number of halogens is 1. The van der Waals surface area contributed by atoms with Crippen LogP contribution in [0.5, 0.6) is 5.75 Å². The second kappa shape index (κ2) is 11.3. The van der Waals surface area contributed by atoms with E-state index >= 15 is 0 Å². The van der Waals surface area contributed by atoms with Crippen LogP contribution in [0.2, 0.25) is 0 Å². The Morgan fingerprint density at radius 2 is 1.82 bits per heavy atom. The number of hydrogen-bond donors (Lipinski definition) is 1. The Labute approximate surface area is 209 Å². The molecule has 0 bridgehead atoms. The highest BCUT2D eigenvalue weighted by atomic mass is 79.9. The third kappa shape index (κ3) is 6.71. The predicted octanol–water partition coefficient (Wildman–Crippen LogP) is 4.68. The molecule has 8 nitrogen and oxygen atoms in total. The van der Waals surface area contributed by atoms with Crippen molar-refractivity contribution >= 4 is 62.5 Å². The van der Waals surface area contributed by atoms with Crippen LogP contribution in [0.15, 0.2) is 45.8 Å². The quantitative estimate of drug-likeness (QED) is 0.378. The highest BCUT2D eigenvalue weighted by Gasteiger charge is 2.36. The van der Waals surface area contributed by atoms with Gasteiger partial charge in [0.15, 0.2) is 6.61 Å². The van der Waals surface area contributed by atoms with Crippen molar-refractivity contribution < 1.29 is 28.7 Å². The van der Waals surface area contributed by atoms with Crippen molar-refractivity contribution in [1.82, 2.24) is 4.90 Å². The van der Waals surface area contributed by atoms with Crippen LogP contribution in [0.4, 0.5) is 10.5 Å². The zero-order chi connectivity index (χ0) is 24.8. The maximum absolute atomic E-state index is 12.9. The Morgan fingerprint density at radius 1 is 1.12 bits per heavy atom. The number of amides is 3. The number of rotatable bonds is 8. The topological polar surface area (TPSA) is 102 Å². The number of thioether (sulfide) groups is 1. The lowest BCUT2D eigenvalue weighted by molar-refractivity contribution is -0.145.